The molecule has 1 heterocycles. The number of benzene rings is 1. The van der Waals surface area contributed by atoms with Gasteiger partial charge >= 0.3 is 0 Å². The minimum Gasteiger partial charge on any atom is -0.316 e. The van der Waals surface area contributed by atoms with Gasteiger partial charge < -0.3 is 4.57 Å². The van der Waals surface area contributed by atoms with Crippen molar-refractivity contribution in [2.45, 2.75) is 31.1 Å². The maximum atomic E-state index is 12.4. The molecule has 0 amide bonds. The molecule has 0 saturated carbocycles. The molecule has 0 aliphatic rings. The van der Waals surface area contributed by atoms with Crippen LogP contribution in [0.3, 0.4) is 0 Å². The molecule has 0 aliphatic heterocycles. The Morgan fingerprint density at radius 2 is 1.59 bits per heavy atom. The number of nitrogens with one attached hydrogen (secondary N) is 1. The summed E-state index contributed by atoms with van der Waals surface area (Å²) < 4.78 is 28.5. The SMILES string of the molecule is Cn1cc(NS(=O)(=O)c2ccc(C(C)(C)C)cc2)ccc1=O. The fourth-order valence-electron chi connectivity index (χ4n) is 2.00. The van der Waals surface area contributed by atoms with Crippen LogP contribution in [0.15, 0.2) is 52.3 Å². The average Bonchev–Trinajstić information content (AvgIpc) is 2.42. The van der Waals surface area contributed by atoms with Gasteiger partial charge in [0.1, 0.15) is 0 Å². The highest BCUT2D eigenvalue weighted by atomic mass is 32.2. The van der Waals surface area contributed by atoms with Crippen molar-refractivity contribution < 1.29 is 8.42 Å². The molecule has 1 aromatic heterocycles. The maximum absolute atomic E-state index is 12.4. The number of pyridine rings is 1. The zero-order valence-electron chi connectivity index (χ0n) is 13.1. The van der Waals surface area contributed by atoms with Crippen molar-refractivity contribution >= 4 is 15.7 Å². The molecule has 0 fully saturated rings. The molecule has 0 spiro atoms. The Bertz CT molecular complexity index is 829. The third kappa shape index (κ3) is 3.57. The normalized spacial score (nSPS) is 12.2. The maximum Gasteiger partial charge on any atom is 0.261 e. The van der Waals surface area contributed by atoms with E-state index in [2.05, 4.69) is 25.5 Å². The van der Waals surface area contributed by atoms with Crippen LogP contribution in [0.4, 0.5) is 5.69 Å². The van der Waals surface area contributed by atoms with Crippen LogP contribution < -0.4 is 10.3 Å². The molecule has 5 nitrogen and oxygen atoms in total. The van der Waals surface area contributed by atoms with Crippen molar-refractivity contribution in [3.8, 4) is 0 Å². The Balaban J connectivity index is 2.30. The van der Waals surface area contributed by atoms with Crippen LogP contribution in [0.1, 0.15) is 26.3 Å². The Kier molecular flexibility index (Phi) is 4.15. The Labute approximate surface area is 130 Å². The first-order valence-corrected chi connectivity index (χ1v) is 8.38. The Morgan fingerprint density at radius 1 is 1.00 bits per heavy atom. The topological polar surface area (TPSA) is 68.2 Å². The highest BCUT2D eigenvalue weighted by Crippen LogP contribution is 2.24. The molecule has 0 aliphatic carbocycles. The highest BCUT2D eigenvalue weighted by molar-refractivity contribution is 7.92. The van der Waals surface area contributed by atoms with E-state index >= 15 is 0 Å². The molecule has 2 aromatic rings. The largest absolute Gasteiger partial charge is 0.316 e. The molecule has 0 atom stereocenters. The fourth-order valence-corrected chi connectivity index (χ4v) is 3.05. The molecular weight excluding hydrogens is 300 g/mol. The summed E-state index contributed by atoms with van der Waals surface area (Å²) >= 11 is 0. The summed E-state index contributed by atoms with van der Waals surface area (Å²) in [5.41, 5.74) is 1.18. The minimum atomic E-state index is -3.67. The van der Waals surface area contributed by atoms with Gasteiger partial charge in [-0.1, -0.05) is 32.9 Å². The first kappa shape index (κ1) is 16.3. The van der Waals surface area contributed by atoms with Crippen LogP contribution in [0.5, 0.6) is 0 Å². The second-order valence-corrected chi connectivity index (χ2v) is 7.93. The molecule has 0 unspecified atom stereocenters. The van der Waals surface area contributed by atoms with Crippen LogP contribution >= 0.6 is 0 Å². The number of rotatable bonds is 3. The van der Waals surface area contributed by atoms with Gasteiger partial charge in [-0.3, -0.25) is 9.52 Å². The molecule has 2 rings (SSSR count). The van der Waals surface area contributed by atoms with E-state index in [-0.39, 0.29) is 15.9 Å². The standard InChI is InChI=1S/C16H20N2O3S/c1-16(2,3)12-5-8-14(9-6-12)22(20,21)17-13-7-10-15(19)18(4)11-13/h5-11,17H,1-4H3. The zero-order chi connectivity index (χ0) is 16.5. The van der Waals surface area contributed by atoms with Gasteiger partial charge in [0.2, 0.25) is 5.56 Å². The van der Waals surface area contributed by atoms with Crippen LogP contribution in [0.2, 0.25) is 0 Å². The van der Waals surface area contributed by atoms with E-state index < -0.39 is 10.0 Å². The number of aromatic nitrogens is 1. The molecule has 1 N–H and O–H groups in total. The van der Waals surface area contributed by atoms with Gasteiger partial charge in [-0.25, -0.2) is 8.42 Å². The molecule has 0 bridgehead atoms. The van der Waals surface area contributed by atoms with Crippen LogP contribution in [0, 0.1) is 0 Å². The molecule has 22 heavy (non-hydrogen) atoms. The monoisotopic (exact) mass is 320 g/mol. The van der Waals surface area contributed by atoms with Gasteiger partial charge in [0, 0.05) is 19.3 Å². The van der Waals surface area contributed by atoms with Gasteiger partial charge in [-0.15, -0.1) is 0 Å². The van der Waals surface area contributed by atoms with E-state index in [4.69, 9.17) is 0 Å². The van der Waals surface area contributed by atoms with Crippen LogP contribution in [-0.4, -0.2) is 13.0 Å². The van der Waals surface area contributed by atoms with Gasteiger partial charge in [-0.2, -0.15) is 0 Å². The second kappa shape index (κ2) is 5.61. The third-order valence-electron chi connectivity index (χ3n) is 3.37. The lowest BCUT2D eigenvalue weighted by Gasteiger charge is -2.19. The number of nitrogens with zero attached hydrogens (tertiary/aromatic N) is 1. The second-order valence-electron chi connectivity index (χ2n) is 6.25. The number of aryl methyl sites for hydroxylation is 1. The van der Waals surface area contributed by atoms with E-state index in [0.29, 0.717) is 5.69 Å². The van der Waals surface area contributed by atoms with E-state index in [0.717, 1.165) is 5.56 Å². The summed E-state index contributed by atoms with van der Waals surface area (Å²) in [6, 6.07) is 9.57. The van der Waals surface area contributed by atoms with Crippen LogP contribution in [-0.2, 0) is 22.5 Å². The van der Waals surface area contributed by atoms with E-state index in [9.17, 15) is 13.2 Å². The highest BCUT2D eigenvalue weighted by Gasteiger charge is 2.17. The summed E-state index contributed by atoms with van der Waals surface area (Å²) in [7, 11) is -2.10. The lowest BCUT2D eigenvalue weighted by Crippen LogP contribution is -2.18. The summed E-state index contributed by atoms with van der Waals surface area (Å²) in [6.07, 6.45) is 1.45. The predicted molar refractivity (Wildman–Crippen MR) is 87.6 cm³/mol. The average molecular weight is 320 g/mol. The quantitative estimate of drug-likeness (QED) is 0.944. The number of sulfonamides is 1. The summed E-state index contributed by atoms with van der Waals surface area (Å²) in [6.45, 7) is 6.21. The molecular formula is C16H20N2O3S. The smallest absolute Gasteiger partial charge is 0.261 e. The van der Waals surface area contributed by atoms with Gasteiger partial charge in [-0.05, 0) is 29.2 Å². The van der Waals surface area contributed by atoms with Crippen molar-refractivity contribution in [2.75, 3.05) is 4.72 Å². The van der Waals surface area contributed by atoms with E-state index in [1.54, 1.807) is 19.2 Å². The lowest BCUT2D eigenvalue weighted by molar-refractivity contribution is 0.587. The Morgan fingerprint density at radius 3 is 2.09 bits per heavy atom. The predicted octanol–water partition coefficient (Wildman–Crippen LogP) is 2.48. The Hall–Kier alpha value is -2.08. The lowest BCUT2D eigenvalue weighted by atomic mass is 9.87. The van der Waals surface area contributed by atoms with Crippen molar-refractivity contribution in [3.63, 3.8) is 0 Å². The van der Waals surface area contributed by atoms with E-state index in [1.807, 2.05) is 12.1 Å². The van der Waals surface area contributed by atoms with Gasteiger partial charge in [0.05, 0.1) is 10.6 Å². The molecule has 6 heteroatoms. The van der Waals surface area contributed by atoms with Gasteiger partial charge in [0.25, 0.3) is 10.0 Å². The first-order valence-electron chi connectivity index (χ1n) is 6.90. The van der Waals surface area contributed by atoms with Crippen molar-refractivity contribution in [1.82, 2.24) is 4.57 Å². The van der Waals surface area contributed by atoms with Crippen LogP contribution in [0.25, 0.3) is 0 Å². The number of hydrogen-bond acceptors (Lipinski definition) is 3. The minimum absolute atomic E-state index is 0.0343. The molecule has 0 radical (unpaired) electrons. The third-order valence-corrected chi connectivity index (χ3v) is 4.77. The van der Waals surface area contributed by atoms with Gasteiger partial charge in [0.15, 0.2) is 0 Å². The number of hydrogen-bond donors (Lipinski definition) is 1. The summed E-state index contributed by atoms with van der Waals surface area (Å²) in [4.78, 5) is 11.5. The van der Waals surface area contributed by atoms with E-state index in [1.165, 1.54) is 22.9 Å². The molecule has 118 valence electrons. The van der Waals surface area contributed by atoms with Crippen molar-refractivity contribution in [2.24, 2.45) is 7.05 Å². The van der Waals surface area contributed by atoms with Crippen molar-refractivity contribution in [1.29, 1.82) is 0 Å². The van der Waals surface area contributed by atoms with Crippen molar-refractivity contribution in [3.05, 3.63) is 58.5 Å². The first-order chi connectivity index (χ1) is 10.1. The zero-order valence-corrected chi connectivity index (χ0v) is 13.9. The summed E-state index contributed by atoms with van der Waals surface area (Å²) in [5.74, 6) is 0. The fraction of sp³-hybridized carbons (Fsp3) is 0.312. The number of anilines is 1. The molecule has 0 saturated heterocycles. The summed E-state index contributed by atoms with van der Waals surface area (Å²) in [5, 5.41) is 0. The molecule has 1 aromatic carbocycles.